The summed E-state index contributed by atoms with van der Waals surface area (Å²) in [6.45, 7) is 6.20. The minimum Gasteiger partial charge on any atom is -0.298 e. The number of aldehydes is 1. The molecule has 0 spiro atoms. The summed E-state index contributed by atoms with van der Waals surface area (Å²) in [4.78, 5) is 10.9. The lowest BCUT2D eigenvalue weighted by molar-refractivity contribution is -0.105. The average Bonchev–Trinajstić information content (AvgIpc) is 2.25. The zero-order valence-corrected chi connectivity index (χ0v) is 9.66. The quantitative estimate of drug-likeness (QED) is 0.539. The van der Waals surface area contributed by atoms with E-state index >= 15 is 0 Å². The van der Waals surface area contributed by atoms with Gasteiger partial charge in [-0.3, -0.25) is 4.79 Å². The van der Waals surface area contributed by atoms with Gasteiger partial charge in [0.05, 0.1) is 0 Å². The number of allylic oxidation sites excluding steroid dienone is 1. The van der Waals surface area contributed by atoms with E-state index in [4.69, 9.17) is 0 Å². The lowest BCUT2D eigenvalue weighted by Crippen LogP contribution is -1.96. The number of aryl methyl sites for hydroxylation is 1. The summed E-state index contributed by atoms with van der Waals surface area (Å²) in [6, 6.07) is 8.21. The second-order valence-electron chi connectivity index (χ2n) is 3.97. The summed E-state index contributed by atoms with van der Waals surface area (Å²) in [5, 5.41) is 0. The minimum absolute atomic E-state index is 0.285. The van der Waals surface area contributed by atoms with Crippen molar-refractivity contribution in [2.24, 2.45) is 5.92 Å². The van der Waals surface area contributed by atoms with E-state index in [1.807, 2.05) is 32.1 Å². The van der Waals surface area contributed by atoms with Crippen molar-refractivity contribution in [3.8, 4) is 0 Å². The van der Waals surface area contributed by atoms with E-state index in [1.165, 1.54) is 5.56 Å². The molecule has 1 heteroatoms. The molecule has 0 saturated heterocycles. The standard InChI is InChI=1S/C14H18O/c1-4-12-7-5-6-8-13(12)9-14(10-15)11(2)3/h5-11H,4H2,1-3H3. The second-order valence-corrected chi connectivity index (χ2v) is 3.97. The number of hydrogen-bond donors (Lipinski definition) is 0. The van der Waals surface area contributed by atoms with Crippen LogP contribution in [0.3, 0.4) is 0 Å². The molecule has 1 nitrogen and oxygen atoms in total. The van der Waals surface area contributed by atoms with Gasteiger partial charge in [0.25, 0.3) is 0 Å². The average molecular weight is 202 g/mol. The van der Waals surface area contributed by atoms with E-state index in [0.29, 0.717) is 0 Å². The normalized spacial score (nSPS) is 11.9. The van der Waals surface area contributed by atoms with Crippen molar-refractivity contribution in [3.63, 3.8) is 0 Å². The summed E-state index contributed by atoms with van der Waals surface area (Å²) < 4.78 is 0. The third kappa shape index (κ3) is 3.05. The number of carbonyl (C=O) groups excluding carboxylic acids is 1. The molecule has 0 amide bonds. The third-order valence-corrected chi connectivity index (χ3v) is 2.56. The van der Waals surface area contributed by atoms with Crippen molar-refractivity contribution >= 4 is 12.4 Å². The maximum atomic E-state index is 10.9. The van der Waals surface area contributed by atoms with Gasteiger partial charge < -0.3 is 0 Å². The van der Waals surface area contributed by atoms with Crippen molar-refractivity contribution in [2.75, 3.05) is 0 Å². The third-order valence-electron chi connectivity index (χ3n) is 2.56. The summed E-state index contributed by atoms with van der Waals surface area (Å²) >= 11 is 0. The molecule has 0 aliphatic carbocycles. The topological polar surface area (TPSA) is 17.1 Å². The first-order chi connectivity index (χ1) is 7.19. The van der Waals surface area contributed by atoms with Gasteiger partial charge in [0.15, 0.2) is 0 Å². The molecule has 0 fully saturated rings. The van der Waals surface area contributed by atoms with E-state index < -0.39 is 0 Å². The highest BCUT2D eigenvalue weighted by molar-refractivity contribution is 5.82. The molecule has 1 rings (SSSR count). The van der Waals surface area contributed by atoms with Crippen LogP contribution < -0.4 is 0 Å². The molecule has 80 valence electrons. The molecule has 0 atom stereocenters. The van der Waals surface area contributed by atoms with Crippen LogP contribution in [0.4, 0.5) is 0 Å². The lowest BCUT2D eigenvalue weighted by atomic mass is 9.98. The smallest absolute Gasteiger partial charge is 0.146 e. The fourth-order valence-corrected chi connectivity index (χ4v) is 1.51. The Morgan fingerprint density at radius 3 is 2.53 bits per heavy atom. The molecule has 0 radical (unpaired) electrons. The largest absolute Gasteiger partial charge is 0.298 e. The van der Waals surface area contributed by atoms with Crippen molar-refractivity contribution < 1.29 is 4.79 Å². The fraction of sp³-hybridized carbons (Fsp3) is 0.357. The molecule has 0 heterocycles. The van der Waals surface area contributed by atoms with Gasteiger partial charge in [0.1, 0.15) is 6.29 Å². The van der Waals surface area contributed by atoms with E-state index in [1.54, 1.807) is 0 Å². The summed E-state index contributed by atoms with van der Waals surface area (Å²) in [6.07, 6.45) is 3.95. The highest BCUT2D eigenvalue weighted by atomic mass is 16.1. The molecule has 0 saturated carbocycles. The van der Waals surface area contributed by atoms with Gasteiger partial charge >= 0.3 is 0 Å². The number of benzene rings is 1. The first-order valence-electron chi connectivity index (χ1n) is 5.43. The summed E-state index contributed by atoms with van der Waals surface area (Å²) in [7, 11) is 0. The van der Waals surface area contributed by atoms with E-state index in [2.05, 4.69) is 19.1 Å². The molecule has 0 aliphatic heterocycles. The molecule has 15 heavy (non-hydrogen) atoms. The molecule has 1 aromatic carbocycles. The molecule has 0 unspecified atom stereocenters. The molecule has 0 bridgehead atoms. The van der Waals surface area contributed by atoms with Gasteiger partial charge in [0.2, 0.25) is 0 Å². The Hall–Kier alpha value is -1.37. The van der Waals surface area contributed by atoms with Crippen molar-refractivity contribution in [1.82, 2.24) is 0 Å². The van der Waals surface area contributed by atoms with Crippen LogP contribution in [0, 0.1) is 5.92 Å². The van der Waals surface area contributed by atoms with Crippen LogP contribution >= 0.6 is 0 Å². The zero-order chi connectivity index (χ0) is 11.3. The maximum Gasteiger partial charge on any atom is 0.146 e. The molecule has 0 aromatic heterocycles. The first-order valence-corrected chi connectivity index (χ1v) is 5.43. The van der Waals surface area contributed by atoms with Crippen molar-refractivity contribution in [1.29, 1.82) is 0 Å². The molecule has 0 N–H and O–H groups in total. The Labute approximate surface area is 91.8 Å². The van der Waals surface area contributed by atoms with Gasteiger partial charge in [-0.1, -0.05) is 45.0 Å². The van der Waals surface area contributed by atoms with Gasteiger partial charge in [-0.05, 0) is 35.1 Å². The molecular weight excluding hydrogens is 184 g/mol. The predicted octanol–water partition coefficient (Wildman–Crippen LogP) is 3.49. The Morgan fingerprint density at radius 2 is 2.00 bits per heavy atom. The van der Waals surface area contributed by atoms with Crippen LogP contribution in [0.1, 0.15) is 31.9 Å². The summed E-state index contributed by atoms with van der Waals surface area (Å²) in [5.74, 6) is 0.285. The molecule has 0 aliphatic rings. The number of hydrogen-bond acceptors (Lipinski definition) is 1. The predicted molar refractivity (Wildman–Crippen MR) is 64.7 cm³/mol. The van der Waals surface area contributed by atoms with E-state index in [0.717, 1.165) is 23.8 Å². The van der Waals surface area contributed by atoms with Gasteiger partial charge in [-0.25, -0.2) is 0 Å². The van der Waals surface area contributed by atoms with Gasteiger partial charge in [0, 0.05) is 0 Å². The second kappa shape index (κ2) is 5.50. The van der Waals surface area contributed by atoms with Crippen LogP contribution in [-0.4, -0.2) is 6.29 Å². The number of carbonyl (C=O) groups is 1. The van der Waals surface area contributed by atoms with Crippen LogP contribution in [0.25, 0.3) is 6.08 Å². The Balaban J connectivity index is 3.10. The molecular formula is C14H18O. The fourth-order valence-electron chi connectivity index (χ4n) is 1.51. The highest BCUT2D eigenvalue weighted by Gasteiger charge is 2.03. The van der Waals surface area contributed by atoms with E-state index in [9.17, 15) is 4.79 Å². The maximum absolute atomic E-state index is 10.9. The Morgan fingerprint density at radius 1 is 1.33 bits per heavy atom. The lowest BCUT2D eigenvalue weighted by Gasteiger charge is -2.06. The SMILES string of the molecule is CCc1ccccc1C=C(C=O)C(C)C. The monoisotopic (exact) mass is 202 g/mol. The Kier molecular flexibility index (Phi) is 4.29. The van der Waals surface area contributed by atoms with Gasteiger partial charge in [-0.2, -0.15) is 0 Å². The van der Waals surface area contributed by atoms with Crippen molar-refractivity contribution in [3.05, 3.63) is 41.0 Å². The Bertz CT molecular complexity index is 361. The van der Waals surface area contributed by atoms with Crippen LogP contribution in [0.15, 0.2) is 29.8 Å². The highest BCUT2D eigenvalue weighted by Crippen LogP contribution is 2.16. The van der Waals surface area contributed by atoms with E-state index in [-0.39, 0.29) is 5.92 Å². The minimum atomic E-state index is 0.285. The van der Waals surface area contributed by atoms with Crippen molar-refractivity contribution in [2.45, 2.75) is 27.2 Å². The van der Waals surface area contributed by atoms with Crippen LogP contribution in [-0.2, 0) is 11.2 Å². The van der Waals surface area contributed by atoms with Crippen LogP contribution in [0.5, 0.6) is 0 Å². The number of rotatable bonds is 4. The molecule has 1 aromatic rings. The van der Waals surface area contributed by atoms with Gasteiger partial charge in [-0.15, -0.1) is 0 Å². The zero-order valence-electron chi connectivity index (χ0n) is 9.66. The van der Waals surface area contributed by atoms with Crippen LogP contribution in [0.2, 0.25) is 0 Å². The summed E-state index contributed by atoms with van der Waals surface area (Å²) in [5.41, 5.74) is 3.31. The first kappa shape index (κ1) is 11.7.